The van der Waals surface area contributed by atoms with E-state index in [-0.39, 0.29) is 23.7 Å². The highest BCUT2D eigenvalue weighted by Crippen LogP contribution is 2.15. The first-order valence-electron chi connectivity index (χ1n) is 5.18. The molecular weight excluding hydrogens is 226 g/mol. The maximum Gasteiger partial charge on any atom is 0.131 e. The number of hydrogen-bond acceptors (Lipinski definition) is 3. The zero-order chi connectivity index (χ0) is 12.8. The average molecular weight is 240 g/mol. The third-order valence-corrected chi connectivity index (χ3v) is 2.31. The number of hydrogen-bond donors (Lipinski definition) is 1. The zero-order valence-corrected chi connectivity index (χ0v) is 9.76. The number of halogens is 2. The van der Waals surface area contributed by atoms with Gasteiger partial charge in [-0.3, -0.25) is 0 Å². The van der Waals surface area contributed by atoms with E-state index < -0.39 is 11.6 Å². The second kappa shape index (κ2) is 6.28. The first kappa shape index (κ1) is 13.6. The second-order valence-corrected chi connectivity index (χ2v) is 3.77. The molecule has 0 aliphatic heterocycles. The molecule has 0 saturated carbocycles. The van der Waals surface area contributed by atoms with Crippen LogP contribution in [0.15, 0.2) is 12.1 Å². The number of nitrogens with one attached hydrogen (secondary N) is 1. The van der Waals surface area contributed by atoms with Crippen LogP contribution >= 0.6 is 0 Å². The van der Waals surface area contributed by atoms with Crippen molar-refractivity contribution in [2.45, 2.75) is 19.5 Å². The monoisotopic (exact) mass is 240 g/mol. The Balaban J connectivity index is 2.75. The predicted molar refractivity (Wildman–Crippen MR) is 59.3 cm³/mol. The van der Waals surface area contributed by atoms with Gasteiger partial charge in [0.1, 0.15) is 11.6 Å². The summed E-state index contributed by atoms with van der Waals surface area (Å²) in [4.78, 5) is 0. The number of rotatable bonds is 5. The van der Waals surface area contributed by atoms with E-state index in [1.54, 1.807) is 13.2 Å². The molecule has 0 radical (unpaired) electrons. The molecule has 5 heteroatoms. The third kappa shape index (κ3) is 3.77. The van der Waals surface area contributed by atoms with Gasteiger partial charge in [0, 0.05) is 25.3 Å². The molecule has 0 aromatic heterocycles. The van der Waals surface area contributed by atoms with Gasteiger partial charge in [-0.15, -0.1) is 0 Å². The van der Waals surface area contributed by atoms with E-state index in [9.17, 15) is 8.78 Å². The van der Waals surface area contributed by atoms with Crippen LogP contribution in [-0.2, 0) is 11.3 Å². The molecule has 0 heterocycles. The van der Waals surface area contributed by atoms with Crippen molar-refractivity contribution in [2.24, 2.45) is 0 Å². The van der Waals surface area contributed by atoms with E-state index in [2.05, 4.69) is 5.32 Å². The van der Waals surface area contributed by atoms with Crippen LogP contribution in [0.5, 0.6) is 0 Å². The Hall–Kier alpha value is -1.51. The summed E-state index contributed by atoms with van der Waals surface area (Å²) in [6.07, 6.45) is 0. The molecule has 0 bridgehead atoms. The molecule has 17 heavy (non-hydrogen) atoms. The standard InChI is InChI=1S/C12H14F2N2O/c1-8(7-17-2)16-6-10-11(13)3-9(5-15)4-12(10)14/h3-4,8,16H,6-7H2,1-2H3. The fourth-order valence-corrected chi connectivity index (χ4v) is 1.42. The first-order valence-corrected chi connectivity index (χ1v) is 5.18. The topological polar surface area (TPSA) is 45.0 Å². The lowest BCUT2D eigenvalue weighted by Gasteiger charge is -2.13. The summed E-state index contributed by atoms with van der Waals surface area (Å²) in [5.74, 6) is -1.42. The van der Waals surface area contributed by atoms with Crippen LogP contribution in [-0.4, -0.2) is 19.8 Å². The average Bonchev–Trinajstić information content (AvgIpc) is 2.28. The summed E-state index contributed by atoms with van der Waals surface area (Å²) >= 11 is 0. The van der Waals surface area contributed by atoms with Gasteiger partial charge in [-0.1, -0.05) is 0 Å². The Bertz CT molecular complexity index is 406. The van der Waals surface area contributed by atoms with Crippen LogP contribution in [0.2, 0.25) is 0 Å². The largest absolute Gasteiger partial charge is 0.383 e. The van der Waals surface area contributed by atoms with E-state index in [1.807, 2.05) is 6.92 Å². The normalized spacial score (nSPS) is 12.2. The minimum absolute atomic E-state index is 0.00515. The van der Waals surface area contributed by atoms with E-state index in [0.717, 1.165) is 12.1 Å². The maximum atomic E-state index is 13.5. The Morgan fingerprint density at radius 3 is 2.47 bits per heavy atom. The van der Waals surface area contributed by atoms with Gasteiger partial charge in [0.25, 0.3) is 0 Å². The van der Waals surface area contributed by atoms with Crippen LogP contribution in [0.3, 0.4) is 0 Å². The van der Waals surface area contributed by atoms with Gasteiger partial charge in [0.15, 0.2) is 0 Å². The molecule has 0 saturated heterocycles. The molecule has 0 spiro atoms. The van der Waals surface area contributed by atoms with E-state index >= 15 is 0 Å². The number of nitrogens with zero attached hydrogens (tertiary/aromatic N) is 1. The predicted octanol–water partition coefficient (Wildman–Crippen LogP) is 1.96. The molecule has 0 amide bonds. The molecule has 1 rings (SSSR count). The lowest BCUT2D eigenvalue weighted by atomic mass is 10.1. The summed E-state index contributed by atoms with van der Waals surface area (Å²) in [5, 5.41) is 11.5. The summed E-state index contributed by atoms with van der Waals surface area (Å²) in [6, 6.07) is 3.75. The van der Waals surface area contributed by atoms with Crippen LogP contribution in [0.4, 0.5) is 8.78 Å². The Kier molecular flexibility index (Phi) is 5.01. The Labute approximate surface area is 99.0 Å². The quantitative estimate of drug-likeness (QED) is 0.855. The van der Waals surface area contributed by atoms with Crippen molar-refractivity contribution in [3.8, 4) is 6.07 Å². The molecule has 1 aromatic carbocycles. The number of ether oxygens (including phenoxy) is 1. The van der Waals surface area contributed by atoms with E-state index in [4.69, 9.17) is 10.00 Å². The van der Waals surface area contributed by atoms with Crippen molar-refractivity contribution in [1.29, 1.82) is 5.26 Å². The van der Waals surface area contributed by atoms with Crippen LogP contribution in [0.25, 0.3) is 0 Å². The SMILES string of the molecule is COCC(C)NCc1c(F)cc(C#N)cc1F. The van der Waals surface area contributed by atoms with Gasteiger partial charge >= 0.3 is 0 Å². The Morgan fingerprint density at radius 2 is 2.00 bits per heavy atom. The number of nitriles is 1. The minimum atomic E-state index is -0.710. The molecule has 1 aromatic rings. The molecule has 1 atom stereocenters. The van der Waals surface area contributed by atoms with Gasteiger partial charge in [-0.05, 0) is 19.1 Å². The number of methoxy groups -OCH3 is 1. The highest BCUT2D eigenvalue weighted by Gasteiger charge is 2.12. The highest BCUT2D eigenvalue weighted by molar-refractivity contribution is 5.34. The molecule has 1 N–H and O–H groups in total. The van der Waals surface area contributed by atoms with E-state index in [1.165, 1.54) is 0 Å². The second-order valence-electron chi connectivity index (χ2n) is 3.77. The number of benzene rings is 1. The highest BCUT2D eigenvalue weighted by atomic mass is 19.1. The molecule has 1 unspecified atom stereocenters. The molecule has 0 aliphatic carbocycles. The summed E-state index contributed by atoms with van der Waals surface area (Å²) in [6.45, 7) is 2.37. The third-order valence-electron chi connectivity index (χ3n) is 2.31. The molecule has 0 fully saturated rings. The summed E-state index contributed by atoms with van der Waals surface area (Å²) in [7, 11) is 1.56. The van der Waals surface area contributed by atoms with Gasteiger partial charge in [0.05, 0.1) is 18.2 Å². The van der Waals surface area contributed by atoms with Crippen LogP contribution in [0.1, 0.15) is 18.1 Å². The summed E-state index contributed by atoms with van der Waals surface area (Å²) < 4.78 is 31.8. The fourth-order valence-electron chi connectivity index (χ4n) is 1.42. The van der Waals surface area contributed by atoms with Gasteiger partial charge in [0.2, 0.25) is 0 Å². The molecule has 0 aliphatic rings. The van der Waals surface area contributed by atoms with Crippen LogP contribution in [0, 0.1) is 23.0 Å². The molecular formula is C12H14F2N2O. The summed E-state index contributed by atoms with van der Waals surface area (Å²) in [5.41, 5.74) is -0.0827. The zero-order valence-electron chi connectivity index (χ0n) is 9.76. The lowest BCUT2D eigenvalue weighted by molar-refractivity contribution is 0.171. The lowest BCUT2D eigenvalue weighted by Crippen LogP contribution is -2.30. The van der Waals surface area contributed by atoms with Crippen molar-refractivity contribution >= 4 is 0 Å². The van der Waals surface area contributed by atoms with E-state index in [0.29, 0.717) is 6.61 Å². The minimum Gasteiger partial charge on any atom is -0.383 e. The van der Waals surface area contributed by atoms with Crippen molar-refractivity contribution < 1.29 is 13.5 Å². The van der Waals surface area contributed by atoms with Gasteiger partial charge < -0.3 is 10.1 Å². The van der Waals surface area contributed by atoms with Crippen molar-refractivity contribution in [1.82, 2.24) is 5.32 Å². The van der Waals surface area contributed by atoms with Crippen LogP contribution < -0.4 is 5.32 Å². The van der Waals surface area contributed by atoms with Gasteiger partial charge in [-0.25, -0.2) is 8.78 Å². The first-order chi connectivity index (χ1) is 8.08. The van der Waals surface area contributed by atoms with Gasteiger partial charge in [-0.2, -0.15) is 5.26 Å². The Morgan fingerprint density at radius 1 is 1.41 bits per heavy atom. The fraction of sp³-hybridized carbons (Fsp3) is 0.417. The van der Waals surface area contributed by atoms with Crippen molar-refractivity contribution in [2.75, 3.05) is 13.7 Å². The maximum absolute atomic E-state index is 13.5. The van der Waals surface area contributed by atoms with Crippen molar-refractivity contribution in [3.05, 3.63) is 34.9 Å². The molecule has 92 valence electrons. The van der Waals surface area contributed by atoms with Crippen molar-refractivity contribution in [3.63, 3.8) is 0 Å². The molecule has 3 nitrogen and oxygen atoms in total. The smallest absolute Gasteiger partial charge is 0.131 e.